The first-order valence-corrected chi connectivity index (χ1v) is 11.5. The van der Waals surface area contributed by atoms with E-state index < -0.39 is 6.04 Å². The fraction of sp³-hybridized carbons (Fsp3) is 0.231. The average Bonchev–Trinajstić information content (AvgIpc) is 3.36. The van der Waals surface area contributed by atoms with Crippen LogP contribution in [0.3, 0.4) is 0 Å². The van der Waals surface area contributed by atoms with E-state index in [1.807, 2.05) is 79.7 Å². The van der Waals surface area contributed by atoms with Crippen LogP contribution in [0.5, 0.6) is 11.5 Å². The minimum absolute atomic E-state index is 0.00345. The Balaban J connectivity index is 1.26. The standard InChI is InChI=1S/C26H27ClN4O3/c1-2-33-25-6-4-3-5-20(25)16-28-31-26(32)24-15-23(29-30-24)19-9-13-22(14-10-19)34-17-18-7-11-21(27)12-8-18/h3-14,16,23-24,29-30H,2,15,17H2,1H3,(H,31,32)/b28-16+. The topological polar surface area (TPSA) is 84.0 Å². The van der Waals surface area contributed by atoms with Crippen molar-refractivity contribution in [3.63, 3.8) is 0 Å². The first-order chi connectivity index (χ1) is 16.6. The van der Waals surface area contributed by atoms with Crippen LogP contribution in [-0.4, -0.2) is 24.8 Å². The van der Waals surface area contributed by atoms with Gasteiger partial charge in [0.25, 0.3) is 5.91 Å². The van der Waals surface area contributed by atoms with Gasteiger partial charge in [-0.15, -0.1) is 0 Å². The van der Waals surface area contributed by atoms with E-state index in [-0.39, 0.29) is 11.9 Å². The summed E-state index contributed by atoms with van der Waals surface area (Å²) in [5.41, 5.74) is 11.8. The Morgan fingerprint density at radius 2 is 1.82 bits per heavy atom. The zero-order valence-electron chi connectivity index (χ0n) is 18.8. The molecule has 0 spiro atoms. The minimum atomic E-state index is -0.398. The summed E-state index contributed by atoms with van der Waals surface area (Å²) < 4.78 is 11.4. The van der Waals surface area contributed by atoms with Crippen LogP contribution in [0, 0.1) is 0 Å². The van der Waals surface area contributed by atoms with Crippen molar-refractivity contribution < 1.29 is 14.3 Å². The molecule has 0 aliphatic carbocycles. The number of ether oxygens (including phenoxy) is 2. The number of rotatable bonds is 9. The molecule has 3 aromatic rings. The van der Waals surface area contributed by atoms with E-state index in [0.29, 0.717) is 24.7 Å². The highest BCUT2D eigenvalue weighted by Gasteiger charge is 2.30. The van der Waals surface area contributed by atoms with Gasteiger partial charge in [0.05, 0.1) is 12.8 Å². The number of hydrogen-bond donors (Lipinski definition) is 3. The van der Waals surface area contributed by atoms with E-state index in [1.165, 1.54) is 0 Å². The van der Waals surface area contributed by atoms with Crippen LogP contribution < -0.4 is 25.8 Å². The largest absolute Gasteiger partial charge is 0.493 e. The number of nitrogens with zero attached hydrogens (tertiary/aromatic N) is 1. The predicted molar refractivity (Wildman–Crippen MR) is 133 cm³/mol. The van der Waals surface area contributed by atoms with E-state index in [1.54, 1.807) is 6.21 Å². The molecule has 0 bridgehead atoms. The van der Waals surface area contributed by atoms with Crippen molar-refractivity contribution in [2.45, 2.75) is 32.0 Å². The second-order valence-corrected chi connectivity index (χ2v) is 8.26. The second kappa shape index (κ2) is 11.7. The second-order valence-electron chi connectivity index (χ2n) is 7.82. The number of halogens is 1. The lowest BCUT2D eigenvalue weighted by Gasteiger charge is -2.11. The Morgan fingerprint density at radius 1 is 1.06 bits per heavy atom. The van der Waals surface area contributed by atoms with Crippen molar-refractivity contribution in [1.82, 2.24) is 16.3 Å². The van der Waals surface area contributed by atoms with Gasteiger partial charge in [-0.05, 0) is 60.9 Å². The van der Waals surface area contributed by atoms with Gasteiger partial charge in [0.1, 0.15) is 24.1 Å². The molecular weight excluding hydrogens is 452 g/mol. The van der Waals surface area contributed by atoms with Gasteiger partial charge in [0.2, 0.25) is 0 Å². The molecule has 1 heterocycles. The third-order valence-corrected chi connectivity index (χ3v) is 5.67. The summed E-state index contributed by atoms with van der Waals surface area (Å²) in [4.78, 5) is 12.5. The van der Waals surface area contributed by atoms with Gasteiger partial charge in [-0.3, -0.25) is 4.79 Å². The summed E-state index contributed by atoms with van der Waals surface area (Å²) in [6.45, 7) is 2.95. The van der Waals surface area contributed by atoms with Gasteiger partial charge in [0, 0.05) is 16.6 Å². The SMILES string of the molecule is CCOc1ccccc1/C=N/NC(=O)C1CC(c2ccc(OCc3ccc(Cl)cc3)cc2)NN1. The number of hydrazone groups is 1. The summed E-state index contributed by atoms with van der Waals surface area (Å²) >= 11 is 5.92. The number of amides is 1. The maximum Gasteiger partial charge on any atom is 0.258 e. The molecule has 8 heteroatoms. The maximum absolute atomic E-state index is 12.5. The number of carbonyl (C=O) groups is 1. The summed E-state index contributed by atoms with van der Waals surface area (Å²) in [6, 6.07) is 22.6. The van der Waals surface area contributed by atoms with Crippen LogP contribution in [0.1, 0.15) is 36.1 Å². The van der Waals surface area contributed by atoms with Crippen molar-refractivity contribution in [3.05, 3.63) is 94.5 Å². The highest BCUT2D eigenvalue weighted by atomic mass is 35.5. The third kappa shape index (κ3) is 6.35. The summed E-state index contributed by atoms with van der Waals surface area (Å²) in [6.07, 6.45) is 2.19. The van der Waals surface area contributed by atoms with Gasteiger partial charge < -0.3 is 9.47 Å². The molecule has 34 heavy (non-hydrogen) atoms. The molecule has 0 saturated carbocycles. The van der Waals surface area contributed by atoms with Crippen molar-refractivity contribution in [1.29, 1.82) is 0 Å². The zero-order chi connectivity index (χ0) is 23.8. The molecule has 1 aliphatic heterocycles. The Kier molecular flexibility index (Phi) is 8.14. The van der Waals surface area contributed by atoms with E-state index in [9.17, 15) is 4.79 Å². The highest BCUT2D eigenvalue weighted by molar-refractivity contribution is 6.30. The summed E-state index contributed by atoms with van der Waals surface area (Å²) in [5, 5.41) is 4.80. The molecule has 176 valence electrons. The zero-order valence-corrected chi connectivity index (χ0v) is 19.6. The number of benzene rings is 3. The molecule has 1 amide bonds. The Labute approximate surface area is 204 Å². The summed E-state index contributed by atoms with van der Waals surface area (Å²) in [7, 11) is 0. The number of nitrogens with one attached hydrogen (secondary N) is 3. The smallest absolute Gasteiger partial charge is 0.258 e. The van der Waals surface area contributed by atoms with Crippen LogP contribution >= 0.6 is 11.6 Å². The van der Waals surface area contributed by atoms with Crippen molar-refractivity contribution >= 4 is 23.7 Å². The normalized spacial score (nSPS) is 17.6. The molecular formula is C26H27ClN4O3. The van der Waals surface area contributed by atoms with Crippen LogP contribution in [0.4, 0.5) is 0 Å². The number of para-hydroxylation sites is 1. The van der Waals surface area contributed by atoms with Crippen molar-refractivity contribution in [3.8, 4) is 11.5 Å². The van der Waals surface area contributed by atoms with Gasteiger partial charge in [-0.1, -0.05) is 48.0 Å². The highest BCUT2D eigenvalue weighted by Crippen LogP contribution is 2.25. The van der Waals surface area contributed by atoms with Gasteiger partial charge in [-0.2, -0.15) is 5.10 Å². The molecule has 1 fully saturated rings. The molecule has 2 unspecified atom stereocenters. The molecule has 3 N–H and O–H groups in total. The van der Waals surface area contributed by atoms with E-state index in [0.717, 1.165) is 28.2 Å². The number of carbonyl (C=O) groups excluding carboxylic acids is 1. The number of hydrazine groups is 1. The molecule has 3 aromatic carbocycles. The molecule has 4 rings (SSSR count). The third-order valence-electron chi connectivity index (χ3n) is 5.42. The number of hydrogen-bond acceptors (Lipinski definition) is 6. The van der Waals surface area contributed by atoms with Crippen LogP contribution in [0.2, 0.25) is 5.02 Å². The molecule has 7 nitrogen and oxygen atoms in total. The van der Waals surface area contributed by atoms with E-state index in [4.69, 9.17) is 21.1 Å². The van der Waals surface area contributed by atoms with Gasteiger partial charge >= 0.3 is 0 Å². The first kappa shape index (κ1) is 23.8. The fourth-order valence-electron chi connectivity index (χ4n) is 3.61. The van der Waals surface area contributed by atoms with E-state index in [2.05, 4.69) is 21.4 Å². The molecule has 0 aromatic heterocycles. The lowest BCUT2D eigenvalue weighted by molar-refractivity contribution is -0.122. The maximum atomic E-state index is 12.5. The van der Waals surface area contributed by atoms with Gasteiger partial charge in [-0.25, -0.2) is 16.3 Å². The molecule has 1 aliphatic rings. The Morgan fingerprint density at radius 3 is 2.59 bits per heavy atom. The van der Waals surface area contributed by atoms with Crippen molar-refractivity contribution in [2.75, 3.05) is 6.61 Å². The summed E-state index contributed by atoms with van der Waals surface area (Å²) in [5.74, 6) is 1.30. The van der Waals surface area contributed by atoms with Crippen LogP contribution in [0.25, 0.3) is 0 Å². The average molecular weight is 479 g/mol. The monoisotopic (exact) mass is 478 g/mol. The quantitative estimate of drug-likeness (QED) is 0.314. The fourth-order valence-corrected chi connectivity index (χ4v) is 3.73. The molecule has 1 saturated heterocycles. The van der Waals surface area contributed by atoms with Crippen LogP contribution in [-0.2, 0) is 11.4 Å². The van der Waals surface area contributed by atoms with Crippen molar-refractivity contribution in [2.24, 2.45) is 5.10 Å². The minimum Gasteiger partial charge on any atom is -0.493 e. The van der Waals surface area contributed by atoms with E-state index >= 15 is 0 Å². The molecule has 0 radical (unpaired) electrons. The van der Waals surface area contributed by atoms with Crippen LogP contribution in [0.15, 0.2) is 77.9 Å². The first-order valence-electron chi connectivity index (χ1n) is 11.2. The van der Waals surface area contributed by atoms with Gasteiger partial charge in [0.15, 0.2) is 0 Å². The predicted octanol–water partition coefficient (Wildman–Crippen LogP) is 4.38. The lowest BCUT2D eigenvalue weighted by Crippen LogP contribution is -2.41. The lowest BCUT2D eigenvalue weighted by atomic mass is 10.0. The molecule has 2 atom stereocenters. The Hall–Kier alpha value is -3.39. The Bertz CT molecular complexity index is 1120.